The van der Waals surface area contributed by atoms with Crippen LogP contribution in [-0.2, 0) is 5.41 Å². The Bertz CT molecular complexity index is 429. The zero-order valence-corrected chi connectivity index (χ0v) is 13.4. The Hall–Kier alpha value is -1.02. The smallest absolute Gasteiger partial charge is 0.119 e. The van der Waals surface area contributed by atoms with Gasteiger partial charge in [-0.15, -0.1) is 0 Å². The first-order chi connectivity index (χ1) is 9.58. The summed E-state index contributed by atoms with van der Waals surface area (Å²) in [6.45, 7) is 9.12. The number of methoxy groups -OCH3 is 1. The Morgan fingerprint density at radius 1 is 1.40 bits per heavy atom. The Kier molecular flexibility index (Phi) is 5.09. The van der Waals surface area contributed by atoms with Gasteiger partial charge in [0.05, 0.1) is 7.11 Å². The van der Waals surface area contributed by atoms with Gasteiger partial charge in [-0.3, -0.25) is 0 Å². The Labute approximate surface area is 123 Å². The normalized spacial score (nSPS) is 26.1. The lowest BCUT2D eigenvalue weighted by molar-refractivity contribution is 0.310. The maximum Gasteiger partial charge on any atom is 0.119 e. The van der Waals surface area contributed by atoms with Crippen LogP contribution in [0.3, 0.4) is 0 Å². The fraction of sp³-hybridized carbons (Fsp3) is 0.667. The van der Waals surface area contributed by atoms with Crippen LogP contribution in [0.4, 0.5) is 0 Å². The van der Waals surface area contributed by atoms with Crippen molar-refractivity contribution in [2.24, 2.45) is 11.8 Å². The van der Waals surface area contributed by atoms with Gasteiger partial charge >= 0.3 is 0 Å². The number of ether oxygens (including phenoxy) is 1. The summed E-state index contributed by atoms with van der Waals surface area (Å²) >= 11 is 0. The number of rotatable bonds is 6. The van der Waals surface area contributed by atoms with Gasteiger partial charge in [0, 0.05) is 12.0 Å². The molecule has 0 heterocycles. The third-order valence-electron chi connectivity index (χ3n) is 4.84. The molecule has 2 unspecified atom stereocenters. The van der Waals surface area contributed by atoms with Crippen molar-refractivity contribution in [1.29, 1.82) is 0 Å². The maximum absolute atomic E-state index is 5.42. The lowest BCUT2D eigenvalue weighted by atomic mass is 9.72. The van der Waals surface area contributed by atoms with E-state index >= 15 is 0 Å². The largest absolute Gasteiger partial charge is 0.497 e. The molecular formula is C18H29NO. The molecule has 0 spiro atoms. The molecular weight excluding hydrogens is 246 g/mol. The lowest BCUT2D eigenvalue weighted by Gasteiger charge is -2.35. The van der Waals surface area contributed by atoms with Gasteiger partial charge in [0.15, 0.2) is 0 Å². The summed E-state index contributed by atoms with van der Waals surface area (Å²) < 4.78 is 5.42. The van der Waals surface area contributed by atoms with E-state index in [4.69, 9.17) is 4.74 Å². The van der Waals surface area contributed by atoms with Crippen LogP contribution in [0.5, 0.6) is 5.75 Å². The Morgan fingerprint density at radius 2 is 2.20 bits per heavy atom. The molecule has 1 aromatic rings. The topological polar surface area (TPSA) is 21.3 Å². The van der Waals surface area contributed by atoms with Crippen molar-refractivity contribution < 1.29 is 4.74 Å². The Morgan fingerprint density at radius 3 is 2.80 bits per heavy atom. The number of hydrogen-bond donors (Lipinski definition) is 1. The van der Waals surface area contributed by atoms with Crippen LogP contribution >= 0.6 is 0 Å². The molecule has 0 radical (unpaired) electrons. The summed E-state index contributed by atoms with van der Waals surface area (Å²) in [6, 6.07) is 8.68. The SMILES string of the molecule is COc1cccc(C2(CNCC(C)C)CCCC2C)c1. The average Bonchev–Trinajstić information content (AvgIpc) is 2.81. The molecule has 0 aliphatic heterocycles. The summed E-state index contributed by atoms with van der Waals surface area (Å²) in [4.78, 5) is 0. The molecule has 1 fully saturated rings. The van der Waals surface area contributed by atoms with Gasteiger partial charge in [-0.2, -0.15) is 0 Å². The monoisotopic (exact) mass is 275 g/mol. The molecule has 2 atom stereocenters. The third-order valence-corrected chi connectivity index (χ3v) is 4.84. The minimum absolute atomic E-state index is 0.281. The molecule has 20 heavy (non-hydrogen) atoms. The second kappa shape index (κ2) is 6.62. The zero-order chi connectivity index (χ0) is 14.6. The van der Waals surface area contributed by atoms with E-state index in [1.54, 1.807) is 7.11 Å². The summed E-state index contributed by atoms with van der Waals surface area (Å²) in [6.07, 6.45) is 3.95. The van der Waals surface area contributed by atoms with E-state index in [0.717, 1.165) is 24.8 Å². The molecule has 0 amide bonds. The van der Waals surface area contributed by atoms with E-state index in [0.29, 0.717) is 5.92 Å². The van der Waals surface area contributed by atoms with Crippen LogP contribution in [0.1, 0.15) is 45.6 Å². The van der Waals surface area contributed by atoms with Gasteiger partial charge in [-0.1, -0.05) is 39.3 Å². The van der Waals surface area contributed by atoms with E-state index in [1.807, 2.05) is 6.07 Å². The molecule has 1 saturated carbocycles. The minimum Gasteiger partial charge on any atom is -0.497 e. The molecule has 1 aliphatic rings. The van der Waals surface area contributed by atoms with Gasteiger partial charge in [0.1, 0.15) is 5.75 Å². The zero-order valence-electron chi connectivity index (χ0n) is 13.4. The van der Waals surface area contributed by atoms with Crippen molar-refractivity contribution in [2.75, 3.05) is 20.2 Å². The minimum atomic E-state index is 0.281. The molecule has 0 bridgehead atoms. The molecule has 0 aromatic heterocycles. The highest BCUT2D eigenvalue weighted by Crippen LogP contribution is 2.45. The lowest BCUT2D eigenvalue weighted by Crippen LogP contribution is -2.41. The average molecular weight is 275 g/mol. The van der Waals surface area contributed by atoms with Gasteiger partial charge in [0.2, 0.25) is 0 Å². The molecule has 1 aliphatic carbocycles. The summed E-state index contributed by atoms with van der Waals surface area (Å²) in [7, 11) is 1.75. The second-order valence-electron chi connectivity index (χ2n) is 6.71. The summed E-state index contributed by atoms with van der Waals surface area (Å²) in [5.41, 5.74) is 1.72. The first kappa shape index (κ1) is 15.4. The molecule has 1 N–H and O–H groups in total. The van der Waals surface area contributed by atoms with Crippen molar-refractivity contribution in [3.05, 3.63) is 29.8 Å². The Balaban J connectivity index is 2.22. The van der Waals surface area contributed by atoms with Crippen LogP contribution < -0.4 is 10.1 Å². The van der Waals surface area contributed by atoms with Crippen molar-refractivity contribution in [3.63, 3.8) is 0 Å². The van der Waals surface area contributed by atoms with E-state index in [2.05, 4.69) is 44.3 Å². The van der Waals surface area contributed by atoms with Crippen molar-refractivity contribution in [1.82, 2.24) is 5.32 Å². The highest BCUT2D eigenvalue weighted by Gasteiger charge is 2.41. The number of hydrogen-bond acceptors (Lipinski definition) is 2. The first-order valence-corrected chi connectivity index (χ1v) is 7.94. The summed E-state index contributed by atoms with van der Waals surface area (Å²) in [5.74, 6) is 2.41. The van der Waals surface area contributed by atoms with Crippen LogP contribution in [0.2, 0.25) is 0 Å². The highest BCUT2D eigenvalue weighted by atomic mass is 16.5. The van der Waals surface area contributed by atoms with E-state index in [9.17, 15) is 0 Å². The fourth-order valence-electron chi connectivity index (χ4n) is 3.56. The molecule has 0 saturated heterocycles. The molecule has 2 rings (SSSR count). The van der Waals surface area contributed by atoms with Crippen molar-refractivity contribution >= 4 is 0 Å². The highest BCUT2D eigenvalue weighted by molar-refractivity contribution is 5.35. The van der Waals surface area contributed by atoms with Gasteiger partial charge < -0.3 is 10.1 Å². The van der Waals surface area contributed by atoms with Gasteiger partial charge in [0.25, 0.3) is 0 Å². The second-order valence-corrected chi connectivity index (χ2v) is 6.71. The van der Waals surface area contributed by atoms with Crippen molar-refractivity contribution in [2.45, 2.75) is 45.4 Å². The van der Waals surface area contributed by atoms with Crippen LogP contribution in [0.15, 0.2) is 24.3 Å². The fourth-order valence-corrected chi connectivity index (χ4v) is 3.56. The number of nitrogens with one attached hydrogen (secondary N) is 1. The van der Waals surface area contributed by atoms with Crippen LogP contribution in [-0.4, -0.2) is 20.2 Å². The molecule has 1 aromatic carbocycles. The van der Waals surface area contributed by atoms with E-state index < -0.39 is 0 Å². The number of benzene rings is 1. The maximum atomic E-state index is 5.42. The predicted octanol–water partition coefficient (Wildman–Crippen LogP) is 4.00. The molecule has 2 heteroatoms. The standard InChI is InChI=1S/C18H29NO/c1-14(2)12-19-13-18(10-6-7-15(18)3)16-8-5-9-17(11-16)20-4/h5,8-9,11,14-15,19H,6-7,10,12-13H2,1-4H3. The molecule has 112 valence electrons. The van der Waals surface area contributed by atoms with E-state index in [-0.39, 0.29) is 5.41 Å². The summed E-state index contributed by atoms with van der Waals surface area (Å²) in [5, 5.41) is 3.69. The van der Waals surface area contributed by atoms with Gasteiger partial charge in [-0.25, -0.2) is 0 Å². The molecule has 2 nitrogen and oxygen atoms in total. The van der Waals surface area contributed by atoms with Crippen molar-refractivity contribution in [3.8, 4) is 5.75 Å². The predicted molar refractivity (Wildman–Crippen MR) is 85.4 cm³/mol. The third kappa shape index (κ3) is 3.17. The van der Waals surface area contributed by atoms with Crippen LogP contribution in [0.25, 0.3) is 0 Å². The first-order valence-electron chi connectivity index (χ1n) is 7.94. The van der Waals surface area contributed by atoms with E-state index in [1.165, 1.54) is 24.8 Å². The van der Waals surface area contributed by atoms with Gasteiger partial charge in [-0.05, 0) is 48.9 Å². The van der Waals surface area contributed by atoms with Crippen LogP contribution in [0, 0.1) is 11.8 Å². The quantitative estimate of drug-likeness (QED) is 0.847.